The number of nitrogens with one attached hydrogen (secondary N) is 2. The number of aliphatic imine (C=N–C) groups is 1. The number of hydrogen-bond acceptors (Lipinski definition) is 6. The van der Waals surface area contributed by atoms with E-state index in [1.165, 1.54) is 12.1 Å². The minimum Gasteiger partial charge on any atom is -0.475 e. The van der Waals surface area contributed by atoms with Gasteiger partial charge in [0.25, 0.3) is 0 Å². The van der Waals surface area contributed by atoms with Crippen LogP contribution in [0.3, 0.4) is 0 Å². The highest BCUT2D eigenvalue weighted by Crippen LogP contribution is 2.18. The number of nitrogens with two attached hydrogens (primary N) is 1. The summed E-state index contributed by atoms with van der Waals surface area (Å²) in [7, 11) is 0. The van der Waals surface area contributed by atoms with Gasteiger partial charge in [-0.1, -0.05) is 56.4 Å². The van der Waals surface area contributed by atoms with Crippen molar-refractivity contribution in [1.82, 2.24) is 10.2 Å². The van der Waals surface area contributed by atoms with Crippen molar-refractivity contribution in [2.45, 2.75) is 58.8 Å². The molecule has 4 unspecified atom stereocenters. The average molecular weight is 524 g/mol. The highest BCUT2D eigenvalue weighted by atomic mass is 19.1. The highest BCUT2D eigenvalue weighted by Gasteiger charge is 2.24. The van der Waals surface area contributed by atoms with Gasteiger partial charge in [-0.25, -0.2) is 9.38 Å². The first-order chi connectivity index (χ1) is 18.2. The van der Waals surface area contributed by atoms with Gasteiger partial charge in [-0.15, -0.1) is 6.58 Å². The van der Waals surface area contributed by atoms with Crippen molar-refractivity contribution in [2.75, 3.05) is 13.1 Å². The maximum absolute atomic E-state index is 14.1. The molecule has 0 aliphatic carbocycles. The molecule has 0 fully saturated rings. The predicted octanol–water partition coefficient (Wildman–Crippen LogP) is 4.77. The highest BCUT2D eigenvalue weighted by molar-refractivity contribution is 6.02. The predicted molar refractivity (Wildman–Crippen MR) is 154 cm³/mol. The van der Waals surface area contributed by atoms with Gasteiger partial charge in [-0.2, -0.15) is 0 Å². The maximum atomic E-state index is 14.1. The number of allylic oxidation sites excluding steroid dienone is 3. The van der Waals surface area contributed by atoms with Crippen LogP contribution in [-0.4, -0.2) is 54.0 Å². The van der Waals surface area contributed by atoms with Gasteiger partial charge in [0, 0.05) is 48.6 Å². The Morgan fingerprint density at radius 2 is 2.08 bits per heavy atom. The molecule has 0 radical (unpaired) electrons. The van der Waals surface area contributed by atoms with Crippen LogP contribution >= 0.6 is 0 Å². The van der Waals surface area contributed by atoms with Gasteiger partial charge in [0.1, 0.15) is 5.82 Å². The Hall–Kier alpha value is -3.36. The first kappa shape index (κ1) is 30.9. The second kappa shape index (κ2) is 15.8. The van der Waals surface area contributed by atoms with Gasteiger partial charge in [0.2, 0.25) is 11.8 Å². The zero-order valence-electron chi connectivity index (χ0n) is 22.9. The molecule has 1 aliphatic rings. The summed E-state index contributed by atoms with van der Waals surface area (Å²) in [5.41, 5.74) is 7.18. The number of halogens is 1. The van der Waals surface area contributed by atoms with E-state index in [2.05, 4.69) is 21.8 Å². The largest absolute Gasteiger partial charge is 0.475 e. The van der Waals surface area contributed by atoms with Crippen molar-refractivity contribution in [3.05, 3.63) is 84.6 Å². The molecule has 1 aromatic carbocycles. The molecule has 8 heteroatoms. The van der Waals surface area contributed by atoms with Crippen LogP contribution in [0.2, 0.25) is 0 Å². The maximum Gasteiger partial charge on any atom is 0.243 e. The SMILES string of the molecule is C=CC(N)C(/C=C/C(=O)NC(CC)CN(CC)Cc1ccccc1F)C(=N)C1C=CC=C(OC(C)C)N=C1. The third kappa shape index (κ3) is 9.84. The molecular formula is C30H42FN5O2. The van der Waals surface area contributed by atoms with Crippen molar-refractivity contribution < 1.29 is 13.9 Å². The van der Waals surface area contributed by atoms with Gasteiger partial charge >= 0.3 is 0 Å². The van der Waals surface area contributed by atoms with E-state index in [1.54, 1.807) is 36.6 Å². The molecule has 206 valence electrons. The third-order valence-corrected chi connectivity index (χ3v) is 6.25. The Morgan fingerprint density at radius 1 is 1.34 bits per heavy atom. The van der Waals surface area contributed by atoms with E-state index in [0.29, 0.717) is 30.2 Å². The van der Waals surface area contributed by atoms with Gasteiger partial charge < -0.3 is 21.2 Å². The molecule has 4 N–H and O–H groups in total. The summed E-state index contributed by atoms with van der Waals surface area (Å²) in [5, 5.41) is 11.8. The topological polar surface area (TPSA) is 104 Å². The van der Waals surface area contributed by atoms with Crippen LogP contribution in [0.25, 0.3) is 0 Å². The lowest BCUT2D eigenvalue weighted by atomic mass is 9.86. The van der Waals surface area contributed by atoms with Gasteiger partial charge in [0.15, 0.2) is 0 Å². The standard InChI is InChI=1S/C30H42FN5O2/c1-6-24(20-36(8-3)19-23-12-9-10-14-26(23)31)35-28(37)17-16-25(27(32)7-2)30(33)22-13-11-15-29(34-18-22)38-21(4)5/h7,9-18,21-22,24-25,27,33H,2,6,8,19-20,32H2,1,3-5H3,(H,35,37)/b17-16+,33-30?. The molecule has 1 heterocycles. The van der Waals surface area contributed by atoms with E-state index in [4.69, 9.17) is 15.9 Å². The van der Waals surface area contributed by atoms with E-state index in [0.717, 1.165) is 13.0 Å². The smallest absolute Gasteiger partial charge is 0.243 e. The van der Waals surface area contributed by atoms with Crippen molar-refractivity contribution in [3.63, 3.8) is 0 Å². The lowest BCUT2D eigenvalue weighted by Gasteiger charge is -2.26. The number of ether oxygens (including phenoxy) is 1. The molecule has 38 heavy (non-hydrogen) atoms. The molecule has 1 aromatic rings. The number of carbonyl (C=O) groups excluding carboxylic acids is 1. The van der Waals surface area contributed by atoms with Crippen LogP contribution in [0.1, 0.15) is 39.7 Å². The van der Waals surface area contributed by atoms with Crippen molar-refractivity contribution in [2.24, 2.45) is 22.6 Å². The fraction of sp³-hybridized carbons (Fsp3) is 0.433. The van der Waals surface area contributed by atoms with Crippen LogP contribution < -0.4 is 11.1 Å². The molecule has 0 spiro atoms. The number of amides is 1. The van der Waals surface area contributed by atoms with Crippen molar-refractivity contribution in [3.8, 4) is 0 Å². The summed E-state index contributed by atoms with van der Waals surface area (Å²) in [4.78, 5) is 19.3. The van der Waals surface area contributed by atoms with Gasteiger partial charge in [0.05, 0.1) is 12.0 Å². The fourth-order valence-electron chi connectivity index (χ4n) is 4.01. The van der Waals surface area contributed by atoms with Crippen molar-refractivity contribution in [1.29, 1.82) is 5.41 Å². The normalized spacial score (nSPS) is 17.7. The second-order valence-electron chi connectivity index (χ2n) is 9.55. The quantitative estimate of drug-likeness (QED) is 0.175. The Kier molecular flexibility index (Phi) is 12.8. The number of benzene rings is 1. The summed E-state index contributed by atoms with van der Waals surface area (Å²) in [6.07, 6.45) is 12.4. The minimum absolute atomic E-state index is 0.0120. The first-order valence-corrected chi connectivity index (χ1v) is 13.2. The summed E-state index contributed by atoms with van der Waals surface area (Å²) in [5.74, 6) is -0.964. The molecule has 7 nitrogen and oxygen atoms in total. The zero-order chi connectivity index (χ0) is 28.1. The van der Waals surface area contributed by atoms with Crippen LogP contribution in [0.15, 0.2) is 78.2 Å². The Labute approximate surface area is 226 Å². The molecule has 0 saturated heterocycles. The molecule has 1 aliphatic heterocycles. The molecular weight excluding hydrogens is 481 g/mol. The summed E-state index contributed by atoms with van der Waals surface area (Å²) in [6, 6.07) is 6.07. The molecule has 4 atom stereocenters. The van der Waals surface area contributed by atoms with Crippen LogP contribution in [0.5, 0.6) is 0 Å². The first-order valence-electron chi connectivity index (χ1n) is 13.2. The van der Waals surface area contributed by atoms with Crippen molar-refractivity contribution >= 4 is 17.8 Å². The molecule has 0 bridgehead atoms. The number of nitrogens with zero attached hydrogens (tertiary/aromatic N) is 2. The van der Waals surface area contributed by atoms with Crippen LogP contribution in [0.4, 0.5) is 4.39 Å². The van der Waals surface area contributed by atoms with Gasteiger partial charge in [-0.3, -0.25) is 9.69 Å². The van der Waals surface area contributed by atoms with E-state index in [-0.39, 0.29) is 23.9 Å². The number of rotatable bonds is 15. The number of likely N-dealkylation sites (N-methyl/N-ethyl adjacent to an activating group) is 1. The molecule has 1 amide bonds. The average Bonchev–Trinajstić information content (AvgIpc) is 3.13. The summed E-state index contributed by atoms with van der Waals surface area (Å²) in [6.45, 7) is 13.4. The molecule has 0 saturated carbocycles. The number of hydrogen-bond donors (Lipinski definition) is 3. The van der Waals surface area contributed by atoms with E-state index < -0.39 is 17.9 Å². The lowest BCUT2D eigenvalue weighted by Crippen LogP contribution is -2.43. The van der Waals surface area contributed by atoms with Gasteiger partial charge in [-0.05, 0) is 45.0 Å². The van der Waals surface area contributed by atoms with E-state index in [1.807, 2.05) is 45.9 Å². The monoisotopic (exact) mass is 523 g/mol. The van der Waals surface area contributed by atoms with Crippen LogP contribution in [-0.2, 0) is 16.1 Å². The van der Waals surface area contributed by atoms with E-state index >= 15 is 0 Å². The zero-order valence-corrected chi connectivity index (χ0v) is 22.9. The number of carbonyl (C=O) groups is 1. The Bertz CT molecular complexity index is 1060. The van der Waals surface area contributed by atoms with Crippen LogP contribution in [0, 0.1) is 23.1 Å². The second-order valence-corrected chi connectivity index (χ2v) is 9.55. The Morgan fingerprint density at radius 3 is 2.71 bits per heavy atom. The minimum atomic E-state index is -0.547. The molecule has 2 rings (SSSR count). The Balaban J connectivity index is 2.05. The molecule has 0 aromatic heterocycles. The summed E-state index contributed by atoms with van der Waals surface area (Å²) >= 11 is 0. The third-order valence-electron chi connectivity index (χ3n) is 6.25. The fourth-order valence-corrected chi connectivity index (χ4v) is 4.01. The lowest BCUT2D eigenvalue weighted by molar-refractivity contribution is -0.117. The van der Waals surface area contributed by atoms with E-state index in [9.17, 15) is 9.18 Å². The summed E-state index contributed by atoms with van der Waals surface area (Å²) < 4.78 is 19.8.